The van der Waals surface area contributed by atoms with Gasteiger partial charge in [0.25, 0.3) is 0 Å². The molecule has 0 amide bonds. The van der Waals surface area contributed by atoms with Crippen molar-refractivity contribution in [2.24, 2.45) is 17.1 Å². The van der Waals surface area contributed by atoms with Crippen LogP contribution < -0.4 is 5.73 Å². The van der Waals surface area contributed by atoms with Gasteiger partial charge in [-0.1, -0.05) is 25.1 Å². The van der Waals surface area contributed by atoms with Gasteiger partial charge >= 0.3 is 0 Å². The van der Waals surface area contributed by atoms with Crippen LogP contribution in [0.25, 0.3) is 0 Å². The molecule has 28 heavy (non-hydrogen) atoms. The van der Waals surface area contributed by atoms with Gasteiger partial charge in [-0.15, -0.1) is 11.8 Å². The molecule has 6 heteroatoms. The highest BCUT2D eigenvalue weighted by Crippen LogP contribution is 2.54. The molecular weight excluding hydrogens is 366 g/mol. The lowest BCUT2D eigenvalue weighted by Crippen LogP contribution is -2.48. The Bertz CT molecular complexity index is 942. The summed E-state index contributed by atoms with van der Waals surface area (Å²) in [6.07, 6.45) is 5.07. The molecule has 0 aromatic heterocycles. The molecule has 2 aliphatic rings. The van der Waals surface area contributed by atoms with E-state index < -0.39 is 11.3 Å². The third kappa shape index (κ3) is 3.08. The molecule has 3 rings (SSSR count). The molecule has 1 aliphatic heterocycles. The second-order valence-corrected chi connectivity index (χ2v) is 8.09. The van der Waals surface area contributed by atoms with Crippen molar-refractivity contribution in [3.05, 3.63) is 52.7 Å². The first kappa shape index (κ1) is 20.0. The predicted octanol–water partition coefficient (Wildman–Crippen LogP) is 3.54. The van der Waals surface area contributed by atoms with E-state index in [1.165, 1.54) is 0 Å². The lowest BCUT2D eigenvalue weighted by atomic mass is 9.58. The quantitative estimate of drug-likeness (QED) is 0.791. The lowest BCUT2D eigenvalue weighted by molar-refractivity contribution is 0.207. The molecule has 0 bridgehead atoms. The number of thioether (sulfide) groups is 1. The fourth-order valence-corrected chi connectivity index (χ4v) is 4.92. The van der Waals surface area contributed by atoms with E-state index in [1.807, 2.05) is 30.5 Å². The van der Waals surface area contributed by atoms with Crippen LogP contribution >= 0.6 is 11.8 Å². The molecule has 0 radical (unpaired) electrons. The standard InChI is InChI=1S/C22H23N5S/c1-3-8-27-9-7-17-18(11-23)21(26)22(13-24,14-25)20(19(17)12-27)15-5-4-6-16(10-15)28-2/h4-7,10,19-20H,3,8-9,12,26H2,1-2H3/t19-,20+/m1/s1. The Labute approximate surface area is 170 Å². The molecule has 142 valence electrons. The van der Waals surface area contributed by atoms with Crippen molar-refractivity contribution in [3.8, 4) is 18.2 Å². The van der Waals surface area contributed by atoms with Gasteiger partial charge in [0.2, 0.25) is 0 Å². The van der Waals surface area contributed by atoms with E-state index >= 15 is 0 Å². The van der Waals surface area contributed by atoms with Gasteiger partial charge in [-0.25, -0.2) is 0 Å². The zero-order valence-corrected chi connectivity index (χ0v) is 17.0. The van der Waals surface area contributed by atoms with E-state index in [2.05, 4.69) is 36.1 Å². The van der Waals surface area contributed by atoms with Crippen LogP contribution in [0.3, 0.4) is 0 Å². The van der Waals surface area contributed by atoms with Crippen molar-refractivity contribution < 1.29 is 0 Å². The number of hydrogen-bond acceptors (Lipinski definition) is 6. The second-order valence-electron chi connectivity index (χ2n) is 7.21. The van der Waals surface area contributed by atoms with Gasteiger partial charge in [0.15, 0.2) is 5.41 Å². The van der Waals surface area contributed by atoms with Crippen LogP contribution in [0.5, 0.6) is 0 Å². The smallest absolute Gasteiger partial charge is 0.191 e. The first-order chi connectivity index (χ1) is 13.6. The number of hydrogen-bond donors (Lipinski definition) is 1. The fraction of sp³-hybridized carbons (Fsp3) is 0.409. The molecule has 0 unspecified atom stereocenters. The molecule has 1 aromatic carbocycles. The van der Waals surface area contributed by atoms with Gasteiger partial charge in [0.1, 0.15) is 6.07 Å². The number of nitriles is 3. The fourth-order valence-electron chi connectivity index (χ4n) is 4.45. The summed E-state index contributed by atoms with van der Waals surface area (Å²) < 4.78 is 0. The molecule has 0 saturated heterocycles. The first-order valence-electron chi connectivity index (χ1n) is 9.35. The van der Waals surface area contributed by atoms with Gasteiger partial charge in [-0.3, -0.25) is 4.90 Å². The third-order valence-corrected chi connectivity index (χ3v) is 6.46. The molecule has 0 spiro atoms. The molecule has 0 saturated carbocycles. The number of nitrogens with two attached hydrogens (primary N) is 1. The number of rotatable bonds is 4. The van der Waals surface area contributed by atoms with Crippen molar-refractivity contribution in [2.45, 2.75) is 24.2 Å². The summed E-state index contributed by atoms with van der Waals surface area (Å²) >= 11 is 1.62. The largest absolute Gasteiger partial charge is 0.399 e. The minimum atomic E-state index is -1.56. The van der Waals surface area contributed by atoms with Gasteiger partial charge in [-0.05, 0) is 42.5 Å². The normalized spacial score (nSPS) is 23.8. The van der Waals surface area contributed by atoms with E-state index in [1.54, 1.807) is 11.8 Å². The Morgan fingerprint density at radius 3 is 2.64 bits per heavy atom. The monoisotopic (exact) mass is 389 g/mol. The zero-order valence-electron chi connectivity index (χ0n) is 16.1. The maximum atomic E-state index is 10.1. The van der Waals surface area contributed by atoms with E-state index in [9.17, 15) is 15.8 Å². The van der Waals surface area contributed by atoms with Gasteiger partial charge in [0, 0.05) is 29.8 Å². The molecular formula is C22H23N5S. The van der Waals surface area contributed by atoms with Crippen LogP contribution in [0.15, 0.2) is 52.1 Å². The maximum absolute atomic E-state index is 10.1. The topological polar surface area (TPSA) is 101 Å². The predicted molar refractivity (Wildman–Crippen MR) is 110 cm³/mol. The Morgan fingerprint density at radius 1 is 1.29 bits per heavy atom. The van der Waals surface area contributed by atoms with E-state index in [4.69, 9.17) is 5.73 Å². The summed E-state index contributed by atoms with van der Waals surface area (Å²) in [7, 11) is 0. The van der Waals surface area contributed by atoms with Crippen molar-refractivity contribution in [1.82, 2.24) is 4.90 Å². The average molecular weight is 390 g/mol. The SMILES string of the molecule is CCCN1CC=C2C(C#N)=C(N)C(C#N)(C#N)[C@@H](c3cccc(SC)c3)[C@@H]2C1. The Balaban J connectivity index is 2.27. The Morgan fingerprint density at radius 2 is 2.04 bits per heavy atom. The Kier molecular flexibility index (Phi) is 5.80. The Hall–Kier alpha value is -2.72. The minimum absolute atomic E-state index is 0.0889. The van der Waals surface area contributed by atoms with E-state index in [0.29, 0.717) is 12.1 Å². The third-order valence-electron chi connectivity index (χ3n) is 5.73. The highest BCUT2D eigenvalue weighted by atomic mass is 32.2. The molecule has 1 heterocycles. The van der Waals surface area contributed by atoms with Gasteiger partial charge in [-0.2, -0.15) is 15.8 Å². The van der Waals surface area contributed by atoms with Crippen molar-refractivity contribution in [2.75, 3.05) is 25.9 Å². The van der Waals surface area contributed by atoms with Crippen LogP contribution in [-0.2, 0) is 0 Å². The minimum Gasteiger partial charge on any atom is -0.399 e. The maximum Gasteiger partial charge on any atom is 0.191 e. The molecule has 2 N–H and O–H groups in total. The summed E-state index contributed by atoms with van der Waals surface area (Å²) in [6.45, 7) is 4.53. The molecule has 1 aromatic rings. The summed E-state index contributed by atoms with van der Waals surface area (Å²) in [5.41, 5.74) is 6.98. The van der Waals surface area contributed by atoms with Crippen LogP contribution in [0, 0.1) is 45.3 Å². The van der Waals surface area contributed by atoms with E-state index in [0.717, 1.165) is 35.5 Å². The summed E-state index contributed by atoms with van der Waals surface area (Å²) in [4.78, 5) is 3.39. The number of nitrogens with zero attached hydrogens (tertiary/aromatic N) is 4. The van der Waals surface area contributed by atoms with Crippen molar-refractivity contribution in [1.29, 1.82) is 15.8 Å². The highest BCUT2D eigenvalue weighted by Gasteiger charge is 2.54. The van der Waals surface area contributed by atoms with Crippen molar-refractivity contribution >= 4 is 11.8 Å². The van der Waals surface area contributed by atoms with E-state index in [-0.39, 0.29) is 11.6 Å². The molecule has 0 fully saturated rings. The second kappa shape index (κ2) is 8.11. The average Bonchev–Trinajstić information content (AvgIpc) is 2.73. The number of benzene rings is 1. The van der Waals surface area contributed by atoms with Crippen LogP contribution in [-0.4, -0.2) is 30.8 Å². The highest BCUT2D eigenvalue weighted by molar-refractivity contribution is 7.98. The van der Waals surface area contributed by atoms with Crippen LogP contribution in [0.2, 0.25) is 0 Å². The summed E-state index contributed by atoms with van der Waals surface area (Å²) in [5.74, 6) is -0.545. The van der Waals surface area contributed by atoms with Crippen LogP contribution in [0.4, 0.5) is 0 Å². The molecule has 2 atom stereocenters. The van der Waals surface area contributed by atoms with Gasteiger partial charge < -0.3 is 5.73 Å². The molecule has 1 aliphatic carbocycles. The van der Waals surface area contributed by atoms with Crippen molar-refractivity contribution in [3.63, 3.8) is 0 Å². The molecule has 5 nitrogen and oxygen atoms in total. The number of allylic oxidation sites excluding steroid dienone is 2. The first-order valence-corrected chi connectivity index (χ1v) is 10.6. The summed E-state index contributed by atoms with van der Waals surface area (Å²) in [5, 5.41) is 30.0. The zero-order chi connectivity index (χ0) is 20.3. The van der Waals surface area contributed by atoms with Crippen LogP contribution in [0.1, 0.15) is 24.8 Å². The summed E-state index contributed by atoms with van der Waals surface area (Å²) in [6, 6.07) is 14.6. The van der Waals surface area contributed by atoms with Gasteiger partial charge in [0.05, 0.1) is 23.4 Å². The number of fused-ring (bicyclic) bond motifs is 1. The lowest BCUT2D eigenvalue weighted by Gasteiger charge is -2.45.